The predicted molar refractivity (Wildman–Crippen MR) is 158 cm³/mol. The van der Waals surface area contributed by atoms with Crippen LogP contribution in [0.5, 0.6) is 11.9 Å². The fourth-order valence-electron chi connectivity index (χ4n) is 4.89. The highest BCUT2D eigenvalue weighted by molar-refractivity contribution is 5.96. The van der Waals surface area contributed by atoms with Crippen LogP contribution in [0.15, 0.2) is 6.07 Å². The lowest BCUT2D eigenvalue weighted by Gasteiger charge is -2.24. The third-order valence-corrected chi connectivity index (χ3v) is 7.25. The fourth-order valence-corrected chi connectivity index (χ4v) is 4.89. The molecule has 2 aromatic heterocycles. The van der Waals surface area contributed by atoms with Crippen molar-refractivity contribution in [3.63, 3.8) is 0 Å². The molecule has 2 atom stereocenters. The van der Waals surface area contributed by atoms with Crippen LogP contribution in [0.25, 0.3) is 22.2 Å². The molecule has 1 aromatic carbocycles. The van der Waals surface area contributed by atoms with Crippen molar-refractivity contribution in [3.8, 4) is 35.1 Å². The van der Waals surface area contributed by atoms with Gasteiger partial charge in [-0.3, -0.25) is 0 Å². The molecule has 5 N–H and O–H groups in total. The van der Waals surface area contributed by atoms with Crippen molar-refractivity contribution in [2.75, 3.05) is 50.6 Å². The predicted octanol–water partition coefficient (Wildman–Crippen LogP) is 4.82. The summed E-state index contributed by atoms with van der Waals surface area (Å²) >= 11 is 0. The quantitative estimate of drug-likeness (QED) is 0.175. The van der Waals surface area contributed by atoms with Gasteiger partial charge in [0.2, 0.25) is 5.88 Å². The third kappa shape index (κ3) is 7.07. The van der Waals surface area contributed by atoms with Crippen LogP contribution in [0, 0.1) is 35.9 Å². The van der Waals surface area contributed by atoms with Crippen LogP contribution in [0.3, 0.4) is 0 Å². The minimum Gasteiger partial charge on any atom is -0.473 e. The summed E-state index contributed by atoms with van der Waals surface area (Å²) in [6.45, 7) is 7.48. The number of aliphatic hydroxyl groups is 1. The van der Waals surface area contributed by atoms with Gasteiger partial charge in [-0.15, -0.1) is 0 Å². The van der Waals surface area contributed by atoms with Gasteiger partial charge in [0.1, 0.15) is 40.9 Å². The third-order valence-electron chi connectivity index (χ3n) is 7.25. The first-order valence-corrected chi connectivity index (χ1v) is 14.4. The van der Waals surface area contributed by atoms with E-state index in [4.69, 9.17) is 19.9 Å². The number of aliphatic hydroxyl groups excluding tert-OH is 1. The highest BCUT2D eigenvalue weighted by Gasteiger charge is 2.40. The minimum absolute atomic E-state index is 0.0436. The van der Waals surface area contributed by atoms with E-state index >= 15 is 4.39 Å². The highest BCUT2D eigenvalue weighted by Crippen LogP contribution is 2.45. The van der Waals surface area contributed by atoms with E-state index in [1.54, 1.807) is 6.92 Å². The summed E-state index contributed by atoms with van der Waals surface area (Å²) in [5, 5.41) is 15.8. The molecule has 2 unspecified atom stereocenters. The second kappa shape index (κ2) is 13.9. The molecule has 2 aliphatic heterocycles. The van der Waals surface area contributed by atoms with Crippen LogP contribution in [0.2, 0.25) is 0 Å². The van der Waals surface area contributed by atoms with E-state index in [0.717, 1.165) is 6.92 Å². The number of nitrogens with zero attached hydrogens (tertiary/aromatic N) is 3. The van der Waals surface area contributed by atoms with E-state index < -0.39 is 62.9 Å². The Balaban J connectivity index is 0.00000226. The molecule has 244 valence electrons. The molecule has 4 heterocycles. The van der Waals surface area contributed by atoms with Crippen LogP contribution in [-0.4, -0.2) is 65.7 Å². The smallest absolute Gasteiger partial charge is 0.417 e. The fraction of sp³-hybridized carbons (Fsp3) is 0.500. The zero-order chi connectivity index (χ0) is 32.9. The summed E-state index contributed by atoms with van der Waals surface area (Å²) in [5.74, 6) is 0.114. The number of pyridine rings is 1. The van der Waals surface area contributed by atoms with E-state index in [9.17, 15) is 22.7 Å². The van der Waals surface area contributed by atoms with Gasteiger partial charge in [0, 0.05) is 37.7 Å². The highest BCUT2D eigenvalue weighted by atomic mass is 19.4. The van der Waals surface area contributed by atoms with Crippen LogP contribution in [0.4, 0.5) is 33.5 Å². The molecule has 3 aromatic rings. The Labute approximate surface area is 256 Å². The Morgan fingerprint density at radius 2 is 1.93 bits per heavy atom. The van der Waals surface area contributed by atoms with Gasteiger partial charge in [-0.2, -0.15) is 23.1 Å². The van der Waals surface area contributed by atoms with Crippen molar-refractivity contribution in [1.29, 1.82) is 0 Å². The molecule has 0 amide bonds. The standard InChI is InChI=1S/C28H29F5N6O4.C2H6/c1-14-4-3-6-35-7-8-36-24-18-23(38-26(39-24)42-13-27(11-40)5-9-41-12-27)21(30)22(37-25(18)43-14)16-10-17(34)20(29)15(2)19(16)28(31,32)33;1-2/h10,14,35,40H,4-5,7-9,11-13,34H2,1-2H3,(H,36,38,39);1-2H3. The number of nitrogen functional groups attached to an aromatic ring is 1. The molecule has 2 aliphatic rings. The maximum absolute atomic E-state index is 16.4. The average molecular weight is 639 g/mol. The zero-order valence-electron chi connectivity index (χ0n) is 25.3. The van der Waals surface area contributed by atoms with Gasteiger partial charge < -0.3 is 35.7 Å². The van der Waals surface area contributed by atoms with Gasteiger partial charge in [-0.25, -0.2) is 13.8 Å². The van der Waals surface area contributed by atoms with E-state index in [1.165, 1.54) is 0 Å². The molecule has 0 spiro atoms. The largest absolute Gasteiger partial charge is 0.473 e. The number of rotatable bonds is 5. The monoisotopic (exact) mass is 638 g/mol. The number of alkyl halides is 3. The Hall–Kier alpha value is -4.16. The number of hydrogen-bond donors (Lipinski definition) is 4. The lowest BCUT2D eigenvalue weighted by atomic mass is 9.90. The summed E-state index contributed by atoms with van der Waals surface area (Å²) in [7, 11) is 0. The maximum Gasteiger partial charge on any atom is 0.417 e. The zero-order valence-corrected chi connectivity index (χ0v) is 25.3. The number of nitrogens with two attached hydrogens (primary N) is 1. The molecule has 0 aliphatic carbocycles. The summed E-state index contributed by atoms with van der Waals surface area (Å²) in [6.07, 6.45) is -5.02. The molecule has 45 heavy (non-hydrogen) atoms. The number of hydrogen-bond acceptors (Lipinski definition) is 10. The second-order valence-corrected chi connectivity index (χ2v) is 10.5. The number of benzene rings is 1. The van der Waals surface area contributed by atoms with E-state index in [2.05, 4.69) is 37.6 Å². The van der Waals surface area contributed by atoms with E-state index in [1.807, 2.05) is 13.8 Å². The molecule has 1 saturated heterocycles. The first kappa shape index (κ1) is 33.7. The number of ether oxygens (including phenoxy) is 3. The molecule has 1 fully saturated rings. The van der Waals surface area contributed by atoms with Crippen LogP contribution < -0.4 is 25.8 Å². The van der Waals surface area contributed by atoms with Crippen LogP contribution in [0.1, 0.15) is 44.7 Å². The van der Waals surface area contributed by atoms with Gasteiger partial charge in [0.05, 0.1) is 29.9 Å². The van der Waals surface area contributed by atoms with Crippen LogP contribution >= 0.6 is 0 Å². The van der Waals surface area contributed by atoms with Crippen LogP contribution in [-0.2, 0) is 10.9 Å². The minimum atomic E-state index is -5.08. The first-order chi connectivity index (χ1) is 21.4. The molecule has 10 nitrogen and oxygen atoms in total. The average Bonchev–Trinajstić information content (AvgIpc) is 3.48. The van der Waals surface area contributed by atoms with Crippen molar-refractivity contribution in [2.24, 2.45) is 5.41 Å². The molecule has 15 heteroatoms. The lowest BCUT2D eigenvalue weighted by molar-refractivity contribution is -0.137. The molecule has 0 saturated carbocycles. The van der Waals surface area contributed by atoms with Crippen molar-refractivity contribution >= 4 is 22.4 Å². The molecular formula is C30H35F5N6O4. The van der Waals surface area contributed by atoms with Gasteiger partial charge in [0.15, 0.2) is 5.82 Å². The SMILES string of the molecule is CC.Cc1c(F)c(N)cc(-c2nc3c4c(nc(OCC5(CO)CCOC5)nc4c2F)NCCNC#CCC(C)O3)c1C(F)(F)F. The summed E-state index contributed by atoms with van der Waals surface area (Å²) in [5.41, 5.74) is 0.0434. The van der Waals surface area contributed by atoms with Crippen molar-refractivity contribution < 1.29 is 41.3 Å². The molecular weight excluding hydrogens is 603 g/mol. The number of anilines is 2. The maximum atomic E-state index is 16.4. The van der Waals surface area contributed by atoms with E-state index in [-0.39, 0.29) is 55.9 Å². The summed E-state index contributed by atoms with van der Waals surface area (Å²) < 4.78 is 91.0. The Bertz CT molecular complexity index is 1600. The summed E-state index contributed by atoms with van der Waals surface area (Å²) in [6, 6.07) is 3.15. The molecule has 5 rings (SSSR count). The lowest BCUT2D eigenvalue weighted by Crippen LogP contribution is -2.33. The summed E-state index contributed by atoms with van der Waals surface area (Å²) in [4.78, 5) is 12.8. The van der Waals surface area contributed by atoms with Gasteiger partial charge in [-0.1, -0.05) is 19.8 Å². The molecule has 0 radical (unpaired) electrons. The van der Waals surface area contributed by atoms with Crippen molar-refractivity contribution in [2.45, 2.75) is 52.8 Å². The second-order valence-electron chi connectivity index (χ2n) is 10.5. The van der Waals surface area contributed by atoms with Crippen molar-refractivity contribution in [3.05, 3.63) is 28.8 Å². The first-order valence-electron chi connectivity index (χ1n) is 14.4. The number of aromatic nitrogens is 3. The van der Waals surface area contributed by atoms with Gasteiger partial charge >= 0.3 is 12.2 Å². The number of halogens is 5. The Kier molecular flexibility index (Phi) is 10.4. The normalized spacial score (nSPS) is 19.8. The Morgan fingerprint density at radius 1 is 1.18 bits per heavy atom. The van der Waals surface area contributed by atoms with Gasteiger partial charge in [0.25, 0.3) is 0 Å². The van der Waals surface area contributed by atoms with Crippen molar-refractivity contribution in [1.82, 2.24) is 20.3 Å². The number of nitrogens with one attached hydrogen (secondary N) is 2. The van der Waals surface area contributed by atoms with E-state index in [0.29, 0.717) is 25.6 Å². The topological polar surface area (TPSA) is 137 Å². The Morgan fingerprint density at radius 3 is 2.60 bits per heavy atom. The van der Waals surface area contributed by atoms with Gasteiger partial charge in [-0.05, 0) is 31.9 Å². The molecule has 0 bridgehead atoms.